The van der Waals surface area contributed by atoms with E-state index in [1.54, 1.807) is 17.8 Å². The van der Waals surface area contributed by atoms with E-state index in [0.29, 0.717) is 12.2 Å². The summed E-state index contributed by atoms with van der Waals surface area (Å²) >= 11 is 1.67. The van der Waals surface area contributed by atoms with Crippen molar-refractivity contribution in [3.8, 4) is 5.75 Å². The molecular formula is C11H14O2S. The van der Waals surface area contributed by atoms with Gasteiger partial charge in [0.1, 0.15) is 5.75 Å². The molecule has 0 aromatic heterocycles. The van der Waals surface area contributed by atoms with Gasteiger partial charge in [0.05, 0.1) is 6.61 Å². The van der Waals surface area contributed by atoms with Crippen molar-refractivity contribution in [3.05, 3.63) is 23.8 Å². The molecule has 76 valence electrons. The van der Waals surface area contributed by atoms with E-state index in [-0.39, 0.29) is 0 Å². The van der Waals surface area contributed by atoms with Crippen LogP contribution < -0.4 is 4.74 Å². The Morgan fingerprint density at radius 1 is 1.43 bits per heavy atom. The lowest BCUT2D eigenvalue weighted by molar-refractivity contribution is 0.112. The van der Waals surface area contributed by atoms with Crippen molar-refractivity contribution in [3.63, 3.8) is 0 Å². The maximum Gasteiger partial charge on any atom is 0.151 e. The van der Waals surface area contributed by atoms with Gasteiger partial charge >= 0.3 is 0 Å². The minimum atomic E-state index is 0.624. The molecule has 14 heavy (non-hydrogen) atoms. The second kappa shape index (κ2) is 5.70. The van der Waals surface area contributed by atoms with Crippen molar-refractivity contribution >= 4 is 18.0 Å². The summed E-state index contributed by atoms with van der Waals surface area (Å²) in [6, 6.07) is 5.62. The van der Waals surface area contributed by atoms with Gasteiger partial charge in [0.25, 0.3) is 0 Å². The molecule has 0 aliphatic carbocycles. The monoisotopic (exact) mass is 210 g/mol. The Bertz CT molecular complexity index is 310. The quantitative estimate of drug-likeness (QED) is 0.552. The summed E-state index contributed by atoms with van der Waals surface area (Å²) in [5.74, 6) is 1.73. The van der Waals surface area contributed by atoms with Gasteiger partial charge < -0.3 is 4.74 Å². The van der Waals surface area contributed by atoms with Gasteiger partial charge in [0.2, 0.25) is 0 Å². The Kier molecular flexibility index (Phi) is 4.53. The molecule has 0 N–H and O–H groups in total. The average Bonchev–Trinajstić information content (AvgIpc) is 2.21. The van der Waals surface area contributed by atoms with E-state index >= 15 is 0 Å². The molecule has 0 fully saturated rings. The van der Waals surface area contributed by atoms with Crippen molar-refractivity contribution < 1.29 is 9.53 Å². The van der Waals surface area contributed by atoms with Crippen LogP contribution in [0.5, 0.6) is 5.75 Å². The van der Waals surface area contributed by atoms with E-state index in [1.165, 1.54) is 0 Å². The van der Waals surface area contributed by atoms with Gasteiger partial charge in [0.15, 0.2) is 6.29 Å². The molecule has 0 atom stereocenters. The van der Waals surface area contributed by atoms with Crippen molar-refractivity contribution in [1.29, 1.82) is 0 Å². The topological polar surface area (TPSA) is 26.3 Å². The van der Waals surface area contributed by atoms with Crippen molar-refractivity contribution in [2.24, 2.45) is 0 Å². The van der Waals surface area contributed by atoms with Crippen molar-refractivity contribution in [2.75, 3.05) is 12.4 Å². The molecule has 1 aromatic carbocycles. The van der Waals surface area contributed by atoms with Crippen LogP contribution in [0, 0.1) is 0 Å². The SMILES string of the molecule is CCOc1ccc(SCC)c(C=O)c1. The molecule has 0 heterocycles. The molecule has 0 radical (unpaired) electrons. The van der Waals surface area contributed by atoms with E-state index in [9.17, 15) is 4.79 Å². The second-order valence-corrected chi connectivity index (χ2v) is 3.99. The normalized spacial score (nSPS) is 9.86. The summed E-state index contributed by atoms with van der Waals surface area (Å²) in [5, 5.41) is 0. The Hall–Kier alpha value is -0.960. The maximum absolute atomic E-state index is 10.8. The van der Waals surface area contributed by atoms with Gasteiger partial charge in [-0.3, -0.25) is 4.79 Å². The van der Waals surface area contributed by atoms with Gasteiger partial charge in [-0.25, -0.2) is 0 Å². The highest BCUT2D eigenvalue weighted by Gasteiger charge is 2.03. The Balaban J connectivity index is 2.92. The number of hydrogen-bond acceptors (Lipinski definition) is 3. The number of carbonyl (C=O) groups excluding carboxylic acids is 1. The Morgan fingerprint density at radius 3 is 2.79 bits per heavy atom. The van der Waals surface area contributed by atoms with E-state index in [2.05, 4.69) is 6.92 Å². The number of rotatable bonds is 5. The fourth-order valence-electron chi connectivity index (χ4n) is 1.16. The summed E-state index contributed by atoms with van der Waals surface area (Å²) in [6.45, 7) is 4.61. The van der Waals surface area contributed by atoms with Crippen LogP contribution in [-0.2, 0) is 0 Å². The lowest BCUT2D eigenvalue weighted by atomic mass is 10.2. The largest absolute Gasteiger partial charge is 0.494 e. The van der Waals surface area contributed by atoms with Gasteiger partial charge in [-0.2, -0.15) is 0 Å². The number of thioether (sulfide) groups is 1. The third-order valence-corrected chi connectivity index (χ3v) is 2.69. The third kappa shape index (κ3) is 2.77. The fourth-order valence-corrected chi connectivity index (χ4v) is 1.91. The second-order valence-electron chi connectivity index (χ2n) is 2.68. The first kappa shape index (κ1) is 11.1. The molecule has 0 unspecified atom stereocenters. The van der Waals surface area contributed by atoms with Crippen LogP contribution in [0.1, 0.15) is 24.2 Å². The van der Waals surface area contributed by atoms with E-state index in [0.717, 1.165) is 22.7 Å². The smallest absolute Gasteiger partial charge is 0.151 e. The van der Waals surface area contributed by atoms with Crippen LogP contribution >= 0.6 is 11.8 Å². The molecule has 0 amide bonds. The first-order valence-corrected chi connectivity index (χ1v) is 5.65. The number of hydrogen-bond donors (Lipinski definition) is 0. The summed E-state index contributed by atoms with van der Waals surface area (Å²) < 4.78 is 5.31. The minimum Gasteiger partial charge on any atom is -0.494 e. The number of benzene rings is 1. The molecule has 3 heteroatoms. The molecule has 1 rings (SSSR count). The standard InChI is InChI=1S/C11H14O2S/c1-3-13-10-5-6-11(14-4-2)9(7-10)8-12/h5-8H,3-4H2,1-2H3. The highest BCUT2D eigenvalue weighted by atomic mass is 32.2. The summed E-state index contributed by atoms with van der Waals surface area (Å²) in [5.41, 5.74) is 0.711. The average molecular weight is 210 g/mol. The fraction of sp³-hybridized carbons (Fsp3) is 0.364. The molecular weight excluding hydrogens is 196 g/mol. The number of aldehydes is 1. The van der Waals surface area contributed by atoms with Crippen LogP contribution in [0.4, 0.5) is 0 Å². The van der Waals surface area contributed by atoms with Gasteiger partial charge in [0, 0.05) is 10.5 Å². The number of ether oxygens (including phenoxy) is 1. The molecule has 0 saturated carbocycles. The first-order valence-electron chi connectivity index (χ1n) is 4.66. The predicted octanol–water partition coefficient (Wildman–Crippen LogP) is 3.01. The third-order valence-electron chi connectivity index (χ3n) is 1.72. The van der Waals surface area contributed by atoms with Crippen LogP contribution in [0.2, 0.25) is 0 Å². The zero-order valence-electron chi connectivity index (χ0n) is 8.45. The van der Waals surface area contributed by atoms with E-state index in [4.69, 9.17) is 4.74 Å². The van der Waals surface area contributed by atoms with Gasteiger partial charge in [-0.05, 0) is 30.9 Å². The zero-order chi connectivity index (χ0) is 10.4. The molecule has 1 aromatic rings. The minimum absolute atomic E-state index is 0.624. The highest BCUT2D eigenvalue weighted by Crippen LogP contribution is 2.25. The van der Waals surface area contributed by atoms with Crippen LogP contribution in [0.15, 0.2) is 23.1 Å². The van der Waals surface area contributed by atoms with E-state index < -0.39 is 0 Å². The van der Waals surface area contributed by atoms with Crippen molar-refractivity contribution in [2.45, 2.75) is 18.7 Å². The zero-order valence-corrected chi connectivity index (χ0v) is 9.26. The van der Waals surface area contributed by atoms with Gasteiger partial charge in [-0.1, -0.05) is 6.92 Å². The Labute approximate surface area is 88.7 Å². The predicted molar refractivity (Wildman–Crippen MR) is 59.4 cm³/mol. The molecule has 2 nitrogen and oxygen atoms in total. The number of carbonyl (C=O) groups is 1. The Morgan fingerprint density at radius 2 is 2.21 bits per heavy atom. The van der Waals surface area contributed by atoms with Crippen LogP contribution in [0.3, 0.4) is 0 Å². The molecule has 0 bridgehead atoms. The summed E-state index contributed by atoms with van der Waals surface area (Å²) in [6.07, 6.45) is 0.876. The molecule has 0 aliphatic rings. The summed E-state index contributed by atoms with van der Waals surface area (Å²) in [7, 11) is 0. The first-order chi connectivity index (χ1) is 6.81. The lowest BCUT2D eigenvalue weighted by Gasteiger charge is -2.06. The van der Waals surface area contributed by atoms with E-state index in [1.807, 2.05) is 19.1 Å². The van der Waals surface area contributed by atoms with Crippen LogP contribution in [-0.4, -0.2) is 18.6 Å². The molecule has 0 aliphatic heterocycles. The molecule has 0 saturated heterocycles. The molecule has 0 spiro atoms. The highest BCUT2D eigenvalue weighted by molar-refractivity contribution is 7.99. The van der Waals surface area contributed by atoms with Gasteiger partial charge in [-0.15, -0.1) is 11.8 Å². The maximum atomic E-state index is 10.8. The van der Waals surface area contributed by atoms with Crippen LogP contribution in [0.25, 0.3) is 0 Å². The lowest BCUT2D eigenvalue weighted by Crippen LogP contribution is -1.93. The summed E-state index contributed by atoms with van der Waals surface area (Å²) in [4.78, 5) is 11.8. The van der Waals surface area contributed by atoms with Crippen molar-refractivity contribution in [1.82, 2.24) is 0 Å².